The summed E-state index contributed by atoms with van der Waals surface area (Å²) in [5.41, 5.74) is 3.61. The Hall–Kier alpha value is -2.24. The van der Waals surface area contributed by atoms with Crippen molar-refractivity contribution in [2.45, 2.75) is 20.3 Å². The zero-order valence-electron chi connectivity index (χ0n) is 13.3. The summed E-state index contributed by atoms with van der Waals surface area (Å²) in [6.07, 6.45) is 3.77. The molecule has 0 saturated carbocycles. The van der Waals surface area contributed by atoms with E-state index < -0.39 is 0 Å². The molecular formula is C18H16ClN3OS. The van der Waals surface area contributed by atoms with E-state index in [1.807, 2.05) is 32.0 Å². The molecule has 2 heterocycles. The standard InChI is InChI=1S/C18H16ClN3OS/c1-11-3-4-14(19)9-15(11)22-17(23)10-16-12(2)21-18(24-16)13-5-7-20-8-6-13/h3-9H,10H2,1-2H3,(H,22,23). The highest BCUT2D eigenvalue weighted by Gasteiger charge is 2.14. The minimum atomic E-state index is -0.0756. The SMILES string of the molecule is Cc1ccc(Cl)cc1NC(=O)Cc1sc(-c2ccncc2)nc1C. The van der Waals surface area contributed by atoms with Gasteiger partial charge in [0.15, 0.2) is 0 Å². The Balaban J connectivity index is 1.75. The van der Waals surface area contributed by atoms with E-state index in [-0.39, 0.29) is 5.91 Å². The van der Waals surface area contributed by atoms with Crippen molar-refractivity contribution in [3.05, 3.63) is 63.9 Å². The van der Waals surface area contributed by atoms with E-state index in [2.05, 4.69) is 15.3 Å². The number of carbonyl (C=O) groups excluding carboxylic acids is 1. The van der Waals surface area contributed by atoms with Gasteiger partial charge in [0.25, 0.3) is 0 Å². The number of pyridine rings is 1. The number of carbonyl (C=O) groups is 1. The smallest absolute Gasteiger partial charge is 0.229 e. The van der Waals surface area contributed by atoms with Gasteiger partial charge in [-0.05, 0) is 43.7 Å². The molecule has 1 amide bonds. The minimum absolute atomic E-state index is 0.0756. The first-order valence-corrected chi connectivity index (χ1v) is 8.65. The second kappa shape index (κ2) is 7.11. The molecule has 1 N–H and O–H groups in total. The lowest BCUT2D eigenvalue weighted by atomic mass is 10.2. The molecule has 4 nitrogen and oxygen atoms in total. The molecule has 1 aromatic carbocycles. The number of benzene rings is 1. The fraction of sp³-hybridized carbons (Fsp3) is 0.167. The number of amides is 1. The van der Waals surface area contributed by atoms with Crippen LogP contribution in [0.3, 0.4) is 0 Å². The van der Waals surface area contributed by atoms with E-state index in [1.54, 1.807) is 24.5 Å². The summed E-state index contributed by atoms with van der Waals surface area (Å²) in [7, 11) is 0. The molecule has 3 rings (SSSR count). The summed E-state index contributed by atoms with van der Waals surface area (Å²) in [5.74, 6) is -0.0756. The lowest BCUT2D eigenvalue weighted by molar-refractivity contribution is -0.115. The van der Waals surface area contributed by atoms with Gasteiger partial charge in [0, 0.05) is 33.5 Å². The fourth-order valence-electron chi connectivity index (χ4n) is 2.28. The second-order valence-corrected chi connectivity index (χ2v) is 6.97. The minimum Gasteiger partial charge on any atom is -0.325 e. The van der Waals surface area contributed by atoms with Crippen molar-refractivity contribution >= 4 is 34.5 Å². The number of rotatable bonds is 4. The highest BCUT2D eigenvalue weighted by atomic mass is 35.5. The molecule has 0 radical (unpaired) electrons. The maximum atomic E-state index is 12.4. The number of nitrogens with zero attached hydrogens (tertiary/aromatic N) is 2. The van der Waals surface area contributed by atoms with Crippen LogP contribution in [0, 0.1) is 13.8 Å². The van der Waals surface area contributed by atoms with E-state index >= 15 is 0 Å². The topological polar surface area (TPSA) is 54.9 Å². The van der Waals surface area contributed by atoms with Gasteiger partial charge >= 0.3 is 0 Å². The summed E-state index contributed by atoms with van der Waals surface area (Å²) < 4.78 is 0. The largest absolute Gasteiger partial charge is 0.325 e. The van der Waals surface area contributed by atoms with Crippen molar-refractivity contribution in [1.29, 1.82) is 0 Å². The monoisotopic (exact) mass is 357 g/mol. The third-order valence-electron chi connectivity index (χ3n) is 3.61. The molecular weight excluding hydrogens is 342 g/mol. The maximum absolute atomic E-state index is 12.4. The maximum Gasteiger partial charge on any atom is 0.229 e. The predicted molar refractivity (Wildman–Crippen MR) is 98.6 cm³/mol. The van der Waals surface area contributed by atoms with E-state index in [4.69, 9.17) is 11.6 Å². The zero-order chi connectivity index (χ0) is 17.1. The van der Waals surface area contributed by atoms with Crippen molar-refractivity contribution in [1.82, 2.24) is 9.97 Å². The van der Waals surface area contributed by atoms with Crippen LogP contribution in [-0.2, 0) is 11.2 Å². The van der Waals surface area contributed by atoms with Crippen LogP contribution in [0.1, 0.15) is 16.1 Å². The molecule has 2 aromatic heterocycles. The van der Waals surface area contributed by atoms with Crippen LogP contribution in [-0.4, -0.2) is 15.9 Å². The molecule has 3 aromatic rings. The first kappa shape index (κ1) is 16.6. The van der Waals surface area contributed by atoms with E-state index in [9.17, 15) is 4.79 Å². The number of aryl methyl sites for hydroxylation is 2. The summed E-state index contributed by atoms with van der Waals surface area (Å²) in [6.45, 7) is 3.86. The van der Waals surface area contributed by atoms with Crippen LogP contribution in [0.15, 0.2) is 42.7 Å². The van der Waals surface area contributed by atoms with Gasteiger partial charge in [-0.15, -0.1) is 11.3 Å². The van der Waals surface area contributed by atoms with Gasteiger partial charge in [0.2, 0.25) is 5.91 Å². The van der Waals surface area contributed by atoms with Gasteiger partial charge in [-0.25, -0.2) is 4.98 Å². The van der Waals surface area contributed by atoms with Gasteiger partial charge in [0.05, 0.1) is 12.1 Å². The van der Waals surface area contributed by atoms with Crippen molar-refractivity contribution < 1.29 is 4.79 Å². The van der Waals surface area contributed by atoms with Crippen molar-refractivity contribution in [3.8, 4) is 10.6 Å². The summed E-state index contributed by atoms with van der Waals surface area (Å²) in [6, 6.07) is 9.28. The number of halogens is 1. The summed E-state index contributed by atoms with van der Waals surface area (Å²) in [4.78, 5) is 21.9. The Morgan fingerprint density at radius 3 is 2.71 bits per heavy atom. The Morgan fingerprint density at radius 1 is 1.21 bits per heavy atom. The van der Waals surface area contributed by atoms with Crippen LogP contribution in [0.2, 0.25) is 5.02 Å². The van der Waals surface area contributed by atoms with Gasteiger partial charge in [-0.2, -0.15) is 0 Å². The third kappa shape index (κ3) is 3.80. The Bertz CT molecular complexity index is 877. The predicted octanol–water partition coefficient (Wildman–Crippen LogP) is 4.66. The number of hydrogen-bond donors (Lipinski definition) is 1. The molecule has 122 valence electrons. The molecule has 24 heavy (non-hydrogen) atoms. The van der Waals surface area contributed by atoms with Crippen molar-refractivity contribution in [2.75, 3.05) is 5.32 Å². The molecule has 0 spiro atoms. The number of anilines is 1. The van der Waals surface area contributed by atoms with Gasteiger partial charge < -0.3 is 5.32 Å². The average molecular weight is 358 g/mol. The Kier molecular flexibility index (Phi) is 4.92. The van der Waals surface area contributed by atoms with Crippen LogP contribution in [0.5, 0.6) is 0 Å². The first-order chi connectivity index (χ1) is 11.5. The summed E-state index contributed by atoms with van der Waals surface area (Å²) in [5, 5.41) is 4.42. The molecule has 0 atom stereocenters. The van der Waals surface area contributed by atoms with Crippen LogP contribution < -0.4 is 5.32 Å². The highest BCUT2D eigenvalue weighted by Crippen LogP contribution is 2.28. The Labute approximate surface area is 149 Å². The quantitative estimate of drug-likeness (QED) is 0.739. The number of nitrogens with one attached hydrogen (secondary N) is 1. The lowest BCUT2D eigenvalue weighted by Crippen LogP contribution is -2.15. The van der Waals surface area contributed by atoms with Crippen molar-refractivity contribution in [3.63, 3.8) is 0 Å². The van der Waals surface area contributed by atoms with Crippen molar-refractivity contribution in [2.24, 2.45) is 0 Å². The number of hydrogen-bond acceptors (Lipinski definition) is 4. The normalized spacial score (nSPS) is 10.6. The number of aromatic nitrogens is 2. The van der Waals surface area contributed by atoms with Crippen LogP contribution in [0.4, 0.5) is 5.69 Å². The molecule has 0 aliphatic heterocycles. The summed E-state index contributed by atoms with van der Waals surface area (Å²) >= 11 is 7.53. The van der Waals surface area contributed by atoms with Gasteiger partial charge in [-0.1, -0.05) is 17.7 Å². The lowest BCUT2D eigenvalue weighted by Gasteiger charge is -2.08. The van der Waals surface area contributed by atoms with Gasteiger partial charge in [0.1, 0.15) is 5.01 Å². The van der Waals surface area contributed by atoms with E-state index in [0.29, 0.717) is 11.4 Å². The van der Waals surface area contributed by atoms with Crippen LogP contribution >= 0.6 is 22.9 Å². The second-order valence-electron chi connectivity index (χ2n) is 5.45. The highest BCUT2D eigenvalue weighted by molar-refractivity contribution is 7.15. The molecule has 0 unspecified atom stereocenters. The van der Waals surface area contributed by atoms with E-state index in [0.717, 1.165) is 32.4 Å². The van der Waals surface area contributed by atoms with E-state index in [1.165, 1.54) is 11.3 Å². The molecule has 0 fully saturated rings. The Morgan fingerprint density at radius 2 is 1.96 bits per heavy atom. The van der Waals surface area contributed by atoms with Gasteiger partial charge in [-0.3, -0.25) is 9.78 Å². The number of thiazole rings is 1. The molecule has 0 aliphatic carbocycles. The molecule has 0 bridgehead atoms. The fourth-order valence-corrected chi connectivity index (χ4v) is 3.52. The molecule has 0 aliphatic rings. The first-order valence-electron chi connectivity index (χ1n) is 7.45. The molecule has 0 saturated heterocycles. The molecule has 6 heteroatoms. The van der Waals surface area contributed by atoms with Crippen LogP contribution in [0.25, 0.3) is 10.6 Å². The third-order valence-corrected chi connectivity index (χ3v) is 5.06. The average Bonchev–Trinajstić information content (AvgIpc) is 2.92. The zero-order valence-corrected chi connectivity index (χ0v) is 14.9.